The summed E-state index contributed by atoms with van der Waals surface area (Å²) in [6.45, 7) is 2.03. The quantitative estimate of drug-likeness (QED) is 0.486. The number of aromatic nitrogens is 4. The lowest BCUT2D eigenvalue weighted by Crippen LogP contribution is -2.27. The van der Waals surface area contributed by atoms with Gasteiger partial charge >= 0.3 is 0 Å². The Morgan fingerprint density at radius 2 is 2.14 bits per heavy atom. The molecular weight excluding hydrogens is 364 g/mol. The zero-order valence-electron chi connectivity index (χ0n) is 16.8. The molecule has 3 N–H and O–H groups in total. The predicted octanol–water partition coefficient (Wildman–Crippen LogP) is 3.75. The monoisotopic (exact) mass is 388 g/mol. The van der Waals surface area contributed by atoms with E-state index < -0.39 is 0 Å². The van der Waals surface area contributed by atoms with Crippen LogP contribution in [0.1, 0.15) is 31.4 Å². The largest absolute Gasteiger partial charge is 0.371 e. The number of fused-ring (bicyclic) bond motifs is 3. The topological polar surface area (TPSA) is 87.6 Å². The number of carbonyl (C=O) groups is 1. The summed E-state index contributed by atoms with van der Waals surface area (Å²) >= 11 is 0. The summed E-state index contributed by atoms with van der Waals surface area (Å²) in [5.74, 6) is 1.13. The van der Waals surface area contributed by atoms with Gasteiger partial charge in [-0.2, -0.15) is 0 Å². The molecular formula is C22H24N6O. The number of pyridine rings is 1. The lowest BCUT2D eigenvalue weighted by atomic mass is 10.0. The SMILES string of the molecule is CNc1nc2[nH]c(-c3cccc(C(C)NC(=O)C4CC4)c3)cc2c2c1ncn2C. The molecule has 0 aliphatic heterocycles. The van der Waals surface area contributed by atoms with Crippen LogP contribution in [-0.2, 0) is 11.8 Å². The van der Waals surface area contributed by atoms with Crippen molar-refractivity contribution in [3.63, 3.8) is 0 Å². The Bertz CT molecular complexity index is 1230. The van der Waals surface area contributed by atoms with Crippen molar-refractivity contribution in [3.05, 3.63) is 42.2 Å². The summed E-state index contributed by atoms with van der Waals surface area (Å²) in [5, 5.41) is 7.30. The van der Waals surface area contributed by atoms with E-state index >= 15 is 0 Å². The molecule has 0 radical (unpaired) electrons. The number of rotatable bonds is 5. The van der Waals surface area contributed by atoms with E-state index in [9.17, 15) is 4.79 Å². The van der Waals surface area contributed by atoms with E-state index in [0.717, 1.165) is 57.5 Å². The second kappa shape index (κ2) is 6.62. The van der Waals surface area contributed by atoms with E-state index in [1.807, 2.05) is 38.0 Å². The number of amides is 1. The van der Waals surface area contributed by atoms with Gasteiger partial charge in [-0.05, 0) is 43.0 Å². The van der Waals surface area contributed by atoms with Crippen molar-refractivity contribution in [1.29, 1.82) is 0 Å². The van der Waals surface area contributed by atoms with Crippen LogP contribution in [0, 0.1) is 5.92 Å². The average molecular weight is 388 g/mol. The summed E-state index contributed by atoms with van der Waals surface area (Å²) in [7, 11) is 3.85. The highest BCUT2D eigenvalue weighted by atomic mass is 16.2. The molecule has 1 aliphatic carbocycles. The highest BCUT2D eigenvalue weighted by Gasteiger charge is 2.30. The maximum atomic E-state index is 12.1. The van der Waals surface area contributed by atoms with Crippen molar-refractivity contribution < 1.29 is 4.79 Å². The molecule has 1 aromatic carbocycles. The molecule has 1 saturated carbocycles. The number of aromatic amines is 1. The van der Waals surface area contributed by atoms with E-state index in [0.29, 0.717) is 0 Å². The summed E-state index contributed by atoms with van der Waals surface area (Å²) in [6, 6.07) is 10.4. The molecule has 29 heavy (non-hydrogen) atoms. The molecule has 0 bridgehead atoms. The van der Waals surface area contributed by atoms with Crippen LogP contribution in [-0.4, -0.2) is 32.5 Å². The fraction of sp³-hybridized carbons (Fsp3) is 0.318. The van der Waals surface area contributed by atoms with Gasteiger partial charge in [-0.15, -0.1) is 0 Å². The molecule has 3 heterocycles. The van der Waals surface area contributed by atoms with E-state index in [1.165, 1.54) is 0 Å². The lowest BCUT2D eigenvalue weighted by molar-refractivity contribution is -0.122. The normalized spacial score (nSPS) is 15.0. The molecule has 7 heteroatoms. The summed E-state index contributed by atoms with van der Waals surface area (Å²) in [5.41, 5.74) is 5.87. The third-order valence-corrected chi connectivity index (χ3v) is 5.68. The highest BCUT2D eigenvalue weighted by Crippen LogP contribution is 2.33. The fourth-order valence-corrected chi connectivity index (χ4v) is 3.86. The Balaban J connectivity index is 1.54. The molecule has 148 valence electrons. The lowest BCUT2D eigenvalue weighted by Gasteiger charge is -2.15. The van der Waals surface area contributed by atoms with Crippen molar-refractivity contribution in [3.8, 4) is 11.3 Å². The third-order valence-electron chi connectivity index (χ3n) is 5.68. The van der Waals surface area contributed by atoms with Gasteiger partial charge in [-0.3, -0.25) is 4.79 Å². The van der Waals surface area contributed by atoms with E-state index in [-0.39, 0.29) is 17.9 Å². The van der Waals surface area contributed by atoms with Crippen LogP contribution < -0.4 is 10.6 Å². The zero-order valence-corrected chi connectivity index (χ0v) is 16.8. The van der Waals surface area contributed by atoms with Crippen LogP contribution >= 0.6 is 0 Å². The Labute approximate surface area is 168 Å². The molecule has 7 nitrogen and oxygen atoms in total. The van der Waals surface area contributed by atoms with Gasteiger partial charge in [0.05, 0.1) is 17.9 Å². The molecule has 1 atom stereocenters. The number of nitrogens with one attached hydrogen (secondary N) is 3. The first-order valence-corrected chi connectivity index (χ1v) is 9.97. The standard InChI is InChI=1S/C22H24N6O/c1-12(25-22(29)13-7-8-13)14-5-4-6-15(9-14)17-10-16-19-18(24-11-28(19)3)21(23-2)27-20(16)26-17/h4-6,9-13H,7-8H2,1-3H3,(H,25,29)(H2,23,26,27). The number of nitrogens with zero attached hydrogens (tertiary/aromatic N) is 3. The van der Waals surface area contributed by atoms with Gasteiger partial charge in [0.2, 0.25) is 5.91 Å². The predicted molar refractivity (Wildman–Crippen MR) is 115 cm³/mol. The van der Waals surface area contributed by atoms with Crippen LogP contribution in [0.2, 0.25) is 0 Å². The zero-order chi connectivity index (χ0) is 20.1. The second-order valence-electron chi connectivity index (χ2n) is 7.84. The molecule has 1 amide bonds. The van der Waals surface area contributed by atoms with Gasteiger partial charge in [0, 0.05) is 31.1 Å². The first-order chi connectivity index (χ1) is 14.0. The number of H-pyrrole nitrogens is 1. The summed E-state index contributed by atoms with van der Waals surface area (Å²) < 4.78 is 2.02. The minimum atomic E-state index is -0.0229. The van der Waals surface area contributed by atoms with Crippen LogP contribution in [0.4, 0.5) is 5.82 Å². The van der Waals surface area contributed by atoms with Crippen LogP contribution in [0.15, 0.2) is 36.7 Å². The van der Waals surface area contributed by atoms with Gasteiger partial charge in [0.15, 0.2) is 5.82 Å². The molecule has 1 aliphatic rings. The number of aryl methyl sites for hydroxylation is 1. The van der Waals surface area contributed by atoms with Gasteiger partial charge in [0.25, 0.3) is 0 Å². The van der Waals surface area contributed by atoms with E-state index in [4.69, 9.17) is 4.98 Å². The molecule has 3 aromatic heterocycles. The third kappa shape index (κ3) is 3.03. The molecule has 1 unspecified atom stereocenters. The number of carbonyl (C=O) groups excluding carboxylic acids is 1. The second-order valence-corrected chi connectivity index (χ2v) is 7.84. The average Bonchev–Trinajstić information content (AvgIpc) is 3.39. The van der Waals surface area contributed by atoms with E-state index in [1.54, 1.807) is 0 Å². The van der Waals surface area contributed by atoms with Crippen LogP contribution in [0.5, 0.6) is 0 Å². The van der Waals surface area contributed by atoms with Crippen LogP contribution in [0.3, 0.4) is 0 Å². The fourth-order valence-electron chi connectivity index (χ4n) is 3.86. The molecule has 0 spiro atoms. The summed E-state index contributed by atoms with van der Waals surface area (Å²) in [4.78, 5) is 24.8. The maximum Gasteiger partial charge on any atom is 0.223 e. The van der Waals surface area contributed by atoms with Crippen molar-refractivity contribution in [2.24, 2.45) is 13.0 Å². The van der Waals surface area contributed by atoms with Gasteiger partial charge < -0.3 is 20.2 Å². The number of hydrogen-bond acceptors (Lipinski definition) is 4. The Kier molecular flexibility index (Phi) is 4.04. The van der Waals surface area contributed by atoms with Gasteiger partial charge in [0.1, 0.15) is 11.2 Å². The number of imidazole rings is 1. The van der Waals surface area contributed by atoms with Crippen molar-refractivity contribution >= 4 is 33.8 Å². The van der Waals surface area contributed by atoms with Gasteiger partial charge in [-0.25, -0.2) is 9.97 Å². The highest BCUT2D eigenvalue weighted by molar-refractivity contribution is 6.07. The van der Waals surface area contributed by atoms with Crippen LogP contribution in [0.25, 0.3) is 33.3 Å². The first kappa shape index (κ1) is 17.7. The van der Waals surface area contributed by atoms with Crippen molar-refractivity contribution in [2.75, 3.05) is 12.4 Å². The van der Waals surface area contributed by atoms with Gasteiger partial charge in [-0.1, -0.05) is 18.2 Å². The molecule has 5 rings (SSSR count). The molecule has 1 fully saturated rings. The summed E-state index contributed by atoms with van der Waals surface area (Å²) in [6.07, 6.45) is 3.83. The van der Waals surface area contributed by atoms with Crippen molar-refractivity contribution in [2.45, 2.75) is 25.8 Å². The number of benzene rings is 1. The molecule has 0 saturated heterocycles. The smallest absolute Gasteiger partial charge is 0.223 e. The van der Waals surface area contributed by atoms with E-state index in [2.05, 4.69) is 44.9 Å². The Morgan fingerprint density at radius 3 is 2.90 bits per heavy atom. The Morgan fingerprint density at radius 1 is 1.31 bits per heavy atom. The Hall–Kier alpha value is -3.35. The minimum Gasteiger partial charge on any atom is -0.371 e. The first-order valence-electron chi connectivity index (χ1n) is 9.97. The maximum absolute atomic E-state index is 12.1. The molecule has 4 aromatic rings. The number of hydrogen-bond donors (Lipinski definition) is 3. The minimum absolute atomic E-state index is 0.0229. The number of anilines is 1. The van der Waals surface area contributed by atoms with Crippen molar-refractivity contribution in [1.82, 2.24) is 24.8 Å².